The number of anilines is 1. The van der Waals surface area contributed by atoms with Gasteiger partial charge >= 0.3 is 5.97 Å². The molecule has 0 atom stereocenters. The van der Waals surface area contributed by atoms with Crippen molar-refractivity contribution < 1.29 is 14.3 Å². The van der Waals surface area contributed by atoms with Gasteiger partial charge in [0.05, 0.1) is 24.6 Å². The van der Waals surface area contributed by atoms with Crippen LogP contribution in [-0.4, -0.2) is 12.6 Å². The SMILES string of the molecule is CCOC(=O)C=COc1cc(Cl)ccc1N. The molecular formula is C11H12ClNO3. The summed E-state index contributed by atoms with van der Waals surface area (Å²) in [5.74, 6) is -0.0730. The minimum absolute atomic E-state index is 0.322. The summed E-state index contributed by atoms with van der Waals surface area (Å²) in [6, 6.07) is 4.83. The summed E-state index contributed by atoms with van der Waals surface area (Å²) in [7, 11) is 0. The summed E-state index contributed by atoms with van der Waals surface area (Å²) in [6.07, 6.45) is 2.38. The maximum absolute atomic E-state index is 10.9. The van der Waals surface area contributed by atoms with E-state index in [0.717, 1.165) is 0 Å². The topological polar surface area (TPSA) is 61.5 Å². The van der Waals surface area contributed by atoms with Gasteiger partial charge in [-0.15, -0.1) is 0 Å². The Morgan fingerprint density at radius 1 is 1.56 bits per heavy atom. The van der Waals surface area contributed by atoms with E-state index in [1.54, 1.807) is 25.1 Å². The Morgan fingerprint density at radius 3 is 3.00 bits per heavy atom. The van der Waals surface area contributed by atoms with Gasteiger partial charge in [-0.05, 0) is 19.1 Å². The molecule has 2 N–H and O–H groups in total. The number of halogens is 1. The van der Waals surface area contributed by atoms with Crippen LogP contribution >= 0.6 is 11.6 Å². The Balaban J connectivity index is 2.60. The van der Waals surface area contributed by atoms with Crippen LogP contribution in [0.3, 0.4) is 0 Å². The van der Waals surface area contributed by atoms with Gasteiger partial charge in [-0.3, -0.25) is 0 Å². The van der Waals surface area contributed by atoms with Crippen molar-refractivity contribution in [3.63, 3.8) is 0 Å². The van der Waals surface area contributed by atoms with E-state index in [2.05, 4.69) is 4.74 Å². The highest BCUT2D eigenvalue weighted by molar-refractivity contribution is 6.30. The first-order chi connectivity index (χ1) is 7.63. The molecule has 0 aliphatic carbocycles. The lowest BCUT2D eigenvalue weighted by atomic mass is 10.3. The maximum Gasteiger partial charge on any atom is 0.333 e. The Bertz CT molecular complexity index is 404. The molecule has 86 valence electrons. The van der Waals surface area contributed by atoms with E-state index in [9.17, 15) is 4.79 Å². The van der Waals surface area contributed by atoms with E-state index >= 15 is 0 Å². The first-order valence-electron chi connectivity index (χ1n) is 4.68. The molecule has 5 heteroatoms. The van der Waals surface area contributed by atoms with Gasteiger partial charge in [0.1, 0.15) is 0 Å². The number of rotatable bonds is 4. The average molecular weight is 242 g/mol. The van der Waals surface area contributed by atoms with E-state index in [0.29, 0.717) is 23.1 Å². The average Bonchev–Trinajstić information content (AvgIpc) is 2.23. The lowest BCUT2D eigenvalue weighted by molar-refractivity contribution is -0.137. The van der Waals surface area contributed by atoms with Crippen LogP contribution in [0.25, 0.3) is 0 Å². The van der Waals surface area contributed by atoms with E-state index in [1.165, 1.54) is 12.3 Å². The van der Waals surface area contributed by atoms with Crippen molar-refractivity contribution in [3.8, 4) is 5.75 Å². The molecule has 0 aliphatic heterocycles. The summed E-state index contributed by atoms with van der Waals surface area (Å²) in [5, 5.41) is 0.508. The Labute approximate surface area is 98.6 Å². The van der Waals surface area contributed by atoms with Crippen LogP contribution in [-0.2, 0) is 9.53 Å². The maximum atomic E-state index is 10.9. The molecule has 0 spiro atoms. The molecule has 0 aliphatic rings. The zero-order valence-electron chi connectivity index (χ0n) is 8.77. The molecule has 4 nitrogen and oxygen atoms in total. The Hall–Kier alpha value is -1.68. The Morgan fingerprint density at radius 2 is 2.31 bits per heavy atom. The van der Waals surface area contributed by atoms with Crippen molar-refractivity contribution in [1.29, 1.82) is 0 Å². The summed E-state index contributed by atoms with van der Waals surface area (Å²) in [4.78, 5) is 10.9. The van der Waals surface area contributed by atoms with Crippen LogP contribution in [0, 0.1) is 0 Å². The van der Waals surface area contributed by atoms with Crippen molar-refractivity contribution in [3.05, 3.63) is 35.6 Å². The van der Waals surface area contributed by atoms with Crippen molar-refractivity contribution in [2.75, 3.05) is 12.3 Å². The molecule has 1 aromatic rings. The number of hydrogen-bond acceptors (Lipinski definition) is 4. The highest BCUT2D eigenvalue weighted by Crippen LogP contribution is 2.25. The summed E-state index contributed by atoms with van der Waals surface area (Å²) >= 11 is 5.76. The third-order valence-corrected chi connectivity index (χ3v) is 1.90. The second-order valence-electron chi connectivity index (χ2n) is 2.85. The molecule has 1 aromatic carbocycles. The number of ether oxygens (including phenoxy) is 2. The van der Waals surface area contributed by atoms with Crippen molar-refractivity contribution in [2.45, 2.75) is 6.92 Å². The van der Waals surface area contributed by atoms with Crippen LogP contribution in [0.1, 0.15) is 6.92 Å². The molecule has 0 unspecified atom stereocenters. The zero-order chi connectivity index (χ0) is 12.0. The van der Waals surface area contributed by atoms with Crippen LogP contribution in [0.4, 0.5) is 5.69 Å². The van der Waals surface area contributed by atoms with E-state index in [4.69, 9.17) is 22.1 Å². The number of nitrogens with two attached hydrogens (primary N) is 1. The van der Waals surface area contributed by atoms with Crippen LogP contribution in [0.2, 0.25) is 5.02 Å². The van der Waals surface area contributed by atoms with Gasteiger partial charge < -0.3 is 15.2 Å². The number of carbonyl (C=O) groups is 1. The Kier molecular flexibility index (Phi) is 4.66. The minimum Gasteiger partial charge on any atom is -0.463 e. The quantitative estimate of drug-likeness (QED) is 0.381. The van der Waals surface area contributed by atoms with Gasteiger partial charge in [0.25, 0.3) is 0 Å². The van der Waals surface area contributed by atoms with Crippen LogP contribution in [0.15, 0.2) is 30.5 Å². The molecule has 0 radical (unpaired) electrons. The number of nitrogen functional groups attached to an aromatic ring is 1. The second kappa shape index (κ2) is 6.02. The summed E-state index contributed by atoms with van der Waals surface area (Å²) in [6.45, 7) is 2.05. The number of benzene rings is 1. The largest absolute Gasteiger partial charge is 0.463 e. The van der Waals surface area contributed by atoms with Crippen molar-refractivity contribution in [2.24, 2.45) is 0 Å². The lowest BCUT2D eigenvalue weighted by Crippen LogP contribution is -2.00. The summed E-state index contributed by atoms with van der Waals surface area (Å²) in [5.41, 5.74) is 6.07. The smallest absolute Gasteiger partial charge is 0.333 e. The normalized spacial score (nSPS) is 10.4. The van der Waals surface area contributed by atoms with Crippen molar-refractivity contribution in [1.82, 2.24) is 0 Å². The zero-order valence-corrected chi connectivity index (χ0v) is 9.53. The molecule has 0 heterocycles. The predicted octanol–water partition coefficient (Wildman–Crippen LogP) is 2.38. The van der Waals surface area contributed by atoms with E-state index in [1.807, 2.05) is 0 Å². The molecular weight excluding hydrogens is 230 g/mol. The van der Waals surface area contributed by atoms with Gasteiger partial charge in [-0.25, -0.2) is 4.79 Å². The fraction of sp³-hybridized carbons (Fsp3) is 0.182. The molecule has 16 heavy (non-hydrogen) atoms. The highest BCUT2D eigenvalue weighted by atomic mass is 35.5. The van der Waals surface area contributed by atoms with Gasteiger partial charge in [-0.1, -0.05) is 11.6 Å². The third kappa shape index (κ3) is 3.82. The van der Waals surface area contributed by atoms with Crippen LogP contribution in [0.5, 0.6) is 5.75 Å². The van der Waals surface area contributed by atoms with Gasteiger partial charge in [0.15, 0.2) is 5.75 Å². The summed E-state index contributed by atoms with van der Waals surface area (Å²) < 4.78 is 9.81. The number of esters is 1. The van der Waals surface area contributed by atoms with Gasteiger partial charge in [-0.2, -0.15) is 0 Å². The molecule has 0 amide bonds. The first kappa shape index (κ1) is 12.4. The lowest BCUT2D eigenvalue weighted by Gasteiger charge is -2.04. The van der Waals surface area contributed by atoms with Crippen LogP contribution < -0.4 is 10.5 Å². The predicted molar refractivity (Wildman–Crippen MR) is 62.3 cm³/mol. The standard InChI is InChI=1S/C11H12ClNO3/c1-2-15-11(14)5-6-16-10-7-8(12)3-4-9(10)13/h3-7H,2,13H2,1H3. The van der Waals surface area contributed by atoms with E-state index in [-0.39, 0.29) is 0 Å². The molecule has 0 fully saturated rings. The van der Waals surface area contributed by atoms with Gasteiger partial charge in [0.2, 0.25) is 0 Å². The van der Waals surface area contributed by atoms with Gasteiger partial charge in [0, 0.05) is 11.1 Å². The number of carbonyl (C=O) groups excluding carboxylic acids is 1. The third-order valence-electron chi connectivity index (χ3n) is 1.66. The molecule has 1 rings (SSSR count). The first-order valence-corrected chi connectivity index (χ1v) is 5.06. The second-order valence-corrected chi connectivity index (χ2v) is 3.29. The molecule has 0 aromatic heterocycles. The number of hydrogen-bond donors (Lipinski definition) is 1. The minimum atomic E-state index is -0.469. The molecule has 0 bridgehead atoms. The molecule has 0 saturated carbocycles. The molecule has 0 saturated heterocycles. The van der Waals surface area contributed by atoms with E-state index < -0.39 is 5.97 Å². The fourth-order valence-corrected chi connectivity index (χ4v) is 1.13. The monoisotopic (exact) mass is 241 g/mol. The van der Waals surface area contributed by atoms with Crippen molar-refractivity contribution >= 4 is 23.3 Å². The fourth-order valence-electron chi connectivity index (χ4n) is 0.964. The highest BCUT2D eigenvalue weighted by Gasteiger charge is 2.00.